The van der Waals surface area contributed by atoms with Crippen molar-refractivity contribution < 1.29 is 24.6 Å². The Kier molecular flexibility index (Phi) is 5.15. The van der Waals surface area contributed by atoms with E-state index in [4.69, 9.17) is 26.5 Å². The topological polar surface area (TPSA) is 148 Å². The van der Waals surface area contributed by atoms with Crippen LogP contribution in [0.1, 0.15) is 6.42 Å². The van der Waals surface area contributed by atoms with Gasteiger partial charge in [-0.3, -0.25) is 14.4 Å². The third-order valence-corrected chi connectivity index (χ3v) is 3.52. The average molecular weight is 265 g/mol. The molecule has 1 aliphatic rings. The van der Waals surface area contributed by atoms with Gasteiger partial charge in [0.2, 0.25) is 0 Å². The molecule has 1 rings (SSSR count). The largest absolute Gasteiger partial charge is 0.480 e. The summed E-state index contributed by atoms with van der Waals surface area (Å²) < 4.78 is 0. The molecular formula is C8H15N3O5S. The number of carbonyl (C=O) groups is 2. The lowest BCUT2D eigenvalue weighted by Crippen LogP contribution is -2.41. The van der Waals surface area contributed by atoms with E-state index in [1.165, 1.54) is 11.8 Å². The molecular weight excluding hydrogens is 250 g/mol. The Bertz CT molecular complexity index is 303. The second kappa shape index (κ2) is 6.17. The molecule has 0 spiro atoms. The highest BCUT2D eigenvalue weighted by Gasteiger charge is 2.34. The predicted octanol–water partition coefficient (Wildman–Crippen LogP) is -1.84. The van der Waals surface area contributed by atoms with Gasteiger partial charge in [-0.25, -0.2) is 0 Å². The summed E-state index contributed by atoms with van der Waals surface area (Å²) in [6.45, 7) is 0. The van der Waals surface area contributed by atoms with Gasteiger partial charge in [-0.1, -0.05) is 0 Å². The van der Waals surface area contributed by atoms with Crippen LogP contribution in [-0.2, 0) is 14.4 Å². The third kappa shape index (κ3) is 4.13. The van der Waals surface area contributed by atoms with Gasteiger partial charge in [0.05, 0.1) is 5.37 Å². The van der Waals surface area contributed by atoms with Gasteiger partial charge in [-0.05, 0) is 0 Å². The van der Waals surface area contributed by atoms with Crippen molar-refractivity contribution in [2.45, 2.75) is 30.0 Å². The van der Waals surface area contributed by atoms with Gasteiger partial charge in [-0.15, -0.1) is 11.8 Å². The second-order valence-electron chi connectivity index (χ2n) is 3.64. The SMILES string of the molecule is N[C@H](C(=O)O)[C@H]1C[C@@H](SC[C@H](N)C(=O)O)NO1. The summed E-state index contributed by atoms with van der Waals surface area (Å²) >= 11 is 1.26. The molecule has 0 unspecified atom stereocenters. The molecule has 0 aromatic carbocycles. The van der Waals surface area contributed by atoms with Gasteiger partial charge >= 0.3 is 11.9 Å². The first-order valence-corrected chi connectivity index (χ1v) is 5.96. The molecule has 9 heteroatoms. The van der Waals surface area contributed by atoms with Crippen LogP contribution in [0, 0.1) is 0 Å². The van der Waals surface area contributed by atoms with Gasteiger partial charge in [0.1, 0.15) is 18.2 Å². The summed E-state index contributed by atoms with van der Waals surface area (Å²) in [6, 6.07) is -2.05. The van der Waals surface area contributed by atoms with Crippen LogP contribution in [0.15, 0.2) is 0 Å². The molecule has 7 N–H and O–H groups in total. The maximum atomic E-state index is 10.6. The fourth-order valence-corrected chi connectivity index (χ4v) is 2.27. The number of rotatable bonds is 6. The van der Waals surface area contributed by atoms with Gasteiger partial charge in [0.15, 0.2) is 0 Å². The molecule has 0 amide bonds. The van der Waals surface area contributed by atoms with Gasteiger partial charge < -0.3 is 21.7 Å². The minimum atomic E-state index is -1.13. The van der Waals surface area contributed by atoms with Crippen molar-refractivity contribution in [1.82, 2.24) is 5.48 Å². The first-order valence-electron chi connectivity index (χ1n) is 4.91. The van der Waals surface area contributed by atoms with Crippen LogP contribution in [0.25, 0.3) is 0 Å². The van der Waals surface area contributed by atoms with Crippen molar-refractivity contribution >= 4 is 23.7 Å². The third-order valence-electron chi connectivity index (χ3n) is 2.28. The smallest absolute Gasteiger partial charge is 0.323 e. The molecule has 0 aromatic heterocycles. The van der Waals surface area contributed by atoms with E-state index in [1.54, 1.807) is 0 Å². The molecule has 1 saturated heterocycles. The minimum Gasteiger partial charge on any atom is -0.480 e. The van der Waals surface area contributed by atoms with Gasteiger partial charge in [0.25, 0.3) is 0 Å². The monoisotopic (exact) mass is 265 g/mol. The lowest BCUT2D eigenvalue weighted by Gasteiger charge is -2.12. The van der Waals surface area contributed by atoms with Crippen LogP contribution in [0.5, 0.6) is 0 Å². The summed E-state index contributed by atoms with van der Waals surface area (Å²) in [7, 11) is 0. The molecule has 1 heterocycles. The highest BCUT2D eigenvalue weighted by molar-refractivity contribution is 7.99. The molecule has 0 aliphatic carbocycles. The number of hydrogen-bond donors (Lipinski definition) is 5. The lowest BCUT2D eigenvalue weighted by molar-refractivity contribution is -0.142. The Morgan fingerprint density at radius 2 is 2.06 bits per heavy atom. The predicted molar refractivity (Wildman–Crippen MR) is 60.1 cm³/mol. The summed E-state index contributed by atoms with van der Waals surface area (Å²) in [5.41, 5.74) is 13.3. The fraction of sp³-hybridized carbons (Fsp3) is 0.750. The number of aliphatic carboxylic acids is 2. The van der Waals surface area contributed by atoms with Crippen molar-refractivity contribution in [2.75, 3.05) is 5.75 Å². The van der Waals surface area contributed by atoms with E-state index in [0.29, 0.717) is 6.42 Å². The second-order valence-corrected chi connectivity index (χ2v) is 4.88. The molecule has 1 aliphatic heterocycles. The molecule has 17 heavy (non-hydrogen) atoms. The molecule has 0 saturated carbocycles. The van der Waals surface area contributed by atoms with Crippen molar-refractivity contribution in [2.24, 2.45) is 11.5 Å². The highest BCUT2D eigenvalue weighted by Crippen LogP contribution is 2.22. The van der Waals surface area contributed by atoms with Crippen LogP contribution >= 0.6 is 11.8 Å². The Balaban J connectivity index is 2.31. The van der Waals surface area contributed by atoms with Crippen molar-refractivity contribution in [3.63, 3.8) is 0 Å². The number of hydroxylamine groups is 1. The van der Waals surface area contributed by atoms with E-state index in [9.17, 15) is 9.59 Å². The highest BCUT2D eigenvalue weighted by atomic mass is 32.2. The normalized spacial score (nSPS) is 27.6. The number of carboxylic acids is 2. The first kappa shape index (κ1) is 14.2. The molecule has 8 nitrogen and oxygen atoms in total. The Morgan fingerprint density at radius 1 is 1.41 bits per heavy atom. The van der Waals surface area contributed by atoms with E-state index in [2.05, 4.69) is 5.48 Å². The van der Waals surface area contributed by atoms with E-state index in [0.717, 1.165) is 0 Å². The maximum absolute atomic E-state index is 10.6. The quantitative estimate of drug-likeness (QED) is 0.373. The van der Waals surface area contributed by atoms with Gasteiger partial charge in [-0.2, -0.15) is 5.48 Å². The number of thioether (sulfide) groups is 1. The molecule has 0 bridgehead atoms. The maximum Gasteiger partial charge on any atom is 0.323 e. The van der Waals surface area contributed by atoms with Crippen molar-refractivity contribution in [3.05, 3.63) is 0 Å². The number of hydrogen-bond acceptors (Lipinski definition) is 7. The molecule has 1 fully saturated rings. The molecule has 98 valence electrons. The van der Waals surface area contributed by atoms with Crippen LogP contribution < -0.4 is 16.9 Å². The zero-order chi connectivity index (χ0) is 13.0. The van der Waals surface area contributed by atoms with Crippen LogP contribution in [0.3, 0.4) is 0 Å². The van der Waals surface area contributed by atoms with Crippen LogP contribution in [-0.4, -0.2) is 51.5 Å². The van der Waals surface area contributed by atoms with Gasteiger partial charge in [0, 0.05) is 12.2 Å². The summed E-state index contributed by atoms with van der Waals surface area (Å²) in [4.78, 5) is 26.1. The lowest BCUT2D eigenvalue weighted by atomic mass is 10.1. The van der Waals surface area contributed by atoms with E-state index in [1.807, 2.05) is 0 Å². The summed E-state index contributed by atoms with van der Waals surface area (Å²) in [5, 5.41) is 17.1. The summed E-state index contributed by atoms with van der Waals surface area (Å²) in [6.07, 6.45) is -0.226. The van der Waals surface area contributed by atoms with Crippen LogP contribution in [0.4, 0.5) is 0 Å². The van der Waals surface area contributed by atoms with Crippen molar-refractivity contribution in [1.29, 1.82) is 0 Å². The molecule has 4 atom stereocenters. The standard InChI is InChI=1S/C8H15N3O5S/c9-3(7(12)13)2-17-5-1-4(16-11-5)6(10)8(14)15/h3-6,11H,1-2,9-10H2,(H,12,13)(H,14,15)/t3-,4+,5+,6-/m0/s1. The van der Waals surface area contributed by atoms with Crippen LogP contribution in [0.2, 0.25) is 0 Å². The molecule has 0 aromatic rings. The Labute approximate surface area is 102 Å². The minimum absolute atomic E-state index is 0.198. The van der Waals surface area contributed by atoms with E-state index in [-0.39, 0.29) is 11.1 Å². The average Bonchev–Trinajstić information content (AvgIpc) is 2.72. The first-order chi connectivity index (χ1) is 7.91. The van der Waals surface area contributed by atoms with E-state index < -0.39 is 30.1 Å². The number of carboxylic acid groups (broad SMARTS) is 2. The number of nitrogens with two attached hydrogens (primary N) is 2. The van der Waals surface area contributed by atoms with E-state index >= 15 is 0 Å². The Morgan fingerprint density at radius 3 is 2.59 bits per heavy atom. The fourth-order valence-electron chi connectivity index (χ4n) is 1.24. The Hall–Kier alpha value is -0.870. The zero-order valence-corrected chi connectivity index (χ0v) is 9.72. The zero-order valence-electron chi connectivity index (χ0n) is 8.91. The van der Waals surface area contributed by atoms with Crippen molar-refractivity contribution in [3.8, 4) is 0 Å². The molecule has 0 radical (unpaired) electrons. The summed E-state index contributed by atoms with van der Waals surface area (Å²) in [5.74, 6) is -1.99. The number of nitrogens with one attached hydrogen (secondary N) is 1.